The summed E-state index contributed by atoms with van der Waals surface area (Å²) < 4.78 is 5.63. The van der Waals surface area contributed by atoms with Crippen LogP contribution >= 0.6 is 11.6 Å². The smallest absolute Gasteiger partial charge is 0.152 e. The monoisotopic (exact) mass is 241 g/mol. The average molecular weight is 242 g/mol. The Labute approximate surface area is 100 Å². The molecule has 2 rings (SSSR count). The molecular weight excluding hydrogens is 226 g/mol. The zero-order valence-electron chi connectivity index (χ0n) is 9.29. The summed E-state index contributed by atoms with van der Waals surface area (Å²) >= 11 is 5.93. The molecule has 0 amide bonds. The molecule has 0 unspecified atom stereocenters. The number of pyridine rings is 1. The summed E-state index contributed by atoms with van der Waals surface area (Å²) in [6.45, 7) is 4.61. The lowest BCUT2D eigenvalue weighted by atomic mass is 10.1. The van der Waals surface area contributed by atoms with Crippen molar-refractivity contribution in [3.8, 4) is 5.75 Å². The molecule has 1 aliphatic heterocycles. The fourth-order valence-corrected chi connectivity index (χ4v) is 1.68. The first kappa shape index (κ1) is 11.5. The van der Waals surface area contributed by atoms with E-state index in [2.05, 4.69) is 15.6 Å². The van der Waals surface area contributed by atoms with Gasteiger partial charge in [-0.25, -0.2) is 4.98 Å². The van der Waals surface area contributed by atoms with Gasteiger partial charge in [0.25, 0.3) is 0 Å². The lowest BCUT2D eigenvalue weighted by molar-refractivity contribution is 0.217. The van der Waals surface area contributed by atoms with Crippen LogP contribution in [-0.2, 0) is 0 Å². The highest BCUT2D eigenvalue weighted by atomic mass is 35.5. The molecule has 0 aromatic carbocycles. The zero-order valence-corrected chi connectivity index (χ0v) is 10.0. The van der Waals surface area contributed by atoms with Crippen molar-refractivity contribution in [2.75, 3.05) is 25.0 Å². The second kappa shape index (κ2) is 5.37. The molecule has 1 aliphatic rings. The van der Waals surface area contributed by atoms with Gasteiger partial charge in [0.1, 0.15) is 12.4 Å². The summed E-state index contributed by atoms with van der Waals surface area (Å²) in [6.07, 6.45) is 2.84. The van der Waals surface area contributed by atoms with E-state index in [1.807, 2.05) is 13.0 Å². The van der Waals surface area contributed by atoms with Gasteiger partial charge in [0.15, 0.2) is 5.15 Å². The summed E-state index contributed by atoms with van der Waals surface area (Å²) in [5.74, 6) is 0.758. The van der Waals surface area contributed by atoms with E-state index >= 15 is 0 Å². The minimum Gasteiger partial charge on any atom is -0.490 e. The van der Waals surface area contributed by atoms with Crippen LogP contribution in [0.4, 0.5) is 5.69 Å². The lowest BCUT2D eigenvalue weighted by Gasteiger charge is -2.27. The molecule has 1 aromatic rings. The van der Waals surface area contributed by atoms with Crippen molar-refractivity contribution in [1.29, 1.82) is 0 Å². The third kappa shape index (κ3) is 2.77. The number of nitrogens with one attached hydrogen (secondary N) is 2. The average Bonchev–Trinajstić information content (AvgIpc) is 2.21. The van der Waals surface area contributed by atoms with Crippen LogP contribution < -0.4 is 15.4 Å². The van der Waals surface area contributed by atoms with Gasteiger partial charge in [-0.1, -0.05) is 11.6 Å². The number of hydrogen-bond acceptors (Lipinski definition) is 4. The van der Waals surface area contributed by atoms with Crippen molar-refractivity contribution in [3.63, 3.8) is 0 Å². The van der Waals surface area contributed by atoms with Crippen LogP contribution in [0.5, 0.6) is 5.75 Å². The Hall–Kier alpha value is -1.00. The molecular formula is C11H16ClN3O. The van der Waals surface area contributed by atoms with Gasteiger partial charge in [0.2, 0.25) is 0 Å². The third-order valence-electron chi connectivity index (χ3n) is 2.56. The van der Waals surface area contributed by atoms with Crippen molar-refractivity contribution >= 4 is 17.3 Å². The van der Waals surface area contributed by atoms with E-state index in [0.29, 0.717) is 17.8 Å². The van der Waals surface area contributed by atoms with Gasteiger partial charge in [0, 0.05) is 18.7 Å². The maximum absolute atomic E-state index is 5.93. The Morgan fingerprint density at radius 2 is 2.50 bits per heavy atom. The normalized spacial score (nSPS) is 19.0. The zero-order chi connectivity index (χ0) is 11.4. The molecule has 1 fully saturated rings. The highest BCUT2D eigenvalue weighted by Gasteiger charge is 2.16. The van der Waals surface area contributed by atoms with E-state index in [0.717, 1.165) is 24.5 Å². The fraction of sp³-hybridized carbons (Fsp3) is 0.545. The molecule has 88 valence electrons. The first-order chi connectivity index (χ1) is 7.79. The molecule has 0 bridgehead atoms. The van der Waals surface area contributed by atoms with E-state index in [9.17, 15) is 0 Å². The summed E-state index contributed by atoms with van der Waals surface area (Å²) in [6, 6.07) is 2.37. The lowest BCUT2D eigenvalue weighted by Crippen LogP contribution is -2.46. The highest BCUT2D eigenvalue weighted by molar-refractivity contribution is 6.32. The van der Waals surface area contributed by atoms with E-state index in [1.165, 1.54) is 6.42 Å². The van der Waals surface area contributed by atoms with Crippen molar-refractivity contribution in [3.05, 3.63) is 17.4 Å². The van der Waals surface area contributed by atoms with Gasteiger partial charge in [-0.15, -0.1) is 0 Å². The number of halogens is 1. The Kier molecular flexibility index (Phi) is 3.85. The molecule has 0 radical (unpaired) electrons. The van der Waals surface area contributed by atoms with Gasteiger partial charge in [-0.05, 0) is 19.9 Å². The number of aromatic nitrogens is 1. The maximum Gasteiger partial charge on any atom is 0.152 e. The Morgan fingerprint density at radius 1 is 1.69 bits per heavy atom. The van der Waals surface area contributed by atoms with Gasteiger partial charge in [-0.2, -0.15) is 0 Å². The molecule has 5 heteroatoms. The molecule has 0 aliphatic carbocycles. The Balaban J connectivity index is 1.94. The Morgan fingerprint density at radius 3 is 3.12 bits per heavy atom. The second-order valence-corrected chi connectivity index (χ2v) is 4.15. The number of ether oxygens (including phenoxy) is 1. The van der Waals surface area contributed by atoms with Gasteiger partial charge >= 0.3 is 0 Å². The van der Waals surface area contributed by atoms with Crippen LogP contribution in [0.1, 0.15) is 13.3 Å². The SMILES string of the molecule is CCNc1cc(OC[C@H]2CCN2)cnc1Cl. The number of hydrogen-bond donors (Lipinski definition) is 2. The highest BCUT2D eigenvalue weighted by Crippen LogP contribution is 2.24. The summed E-state index contributed by atoms with van der Waals surface area (Å²) in [4.78, 5) is 4.08. The molecule has 0 saturated carbocycles. The molecule has 0 spiro atoms. The van der Waals surface area contributed by atoms with Crippen molar-refractivity contribution < 1.29 is 4.74 Å². The molecule has 2 N–H and O–H groups in total. The summed E-state index contributed by atoms with van der Waals surface area (Å²) in [7, 11) is 0. The predicted octanol–water partition coefficient (Wildman–Crippen LogP) is 1.91. The minimum absolute atomic E-state index is 0.482. The van der Waals surface area contributed by atoms with Crippen LogP contribution in [0.25, 0.3) is 0 Å². The van der Waals surface area contributed by atoms with Gasteiger partial charge < -0.3 is 15.4 Å². The van der Waals surface area contributed by atoms with Gasteiger partial charge in [0.05, 0.1) is 11.9 Å². The first-order valence-corrected chi connectivity index (χ1v) is 5.93. The number of anilines is 1. The third-order valence-corrected chi connectivity index (χ3v) is 2.86. The van der Waals surface area contributed by atoms with E-state index < -0.39 is 0 Å². The standard InChI is InChI=1S/C11H16ClN3O/c1-2-13-10-5-9(6-15-11(10)12)16-7-8-3-4-14-8/h5-6,8,13-14H,2-4,7H2,1H3/t8-/m1/s1. The van der Waals surface area contributed by atoms with Crippen LogP contribution in [0.3, 0.4) is 0 Å². The largest absolute Gasteiger partial charge is 0.490 e. The summed E-state index contributed by atoms with van der Waals surface area (Å²) in [5.41, 5.74) is 0.822. The molecule has 1 aromatic heterocycles. The molecule has 1 atom stereocenters. The summed E-state index contributed by atoms with van der Waals surface area (Å²) in [5, 5.41) is 6.90. The first-order valence-electron chi connectivity index (χ1n) is 5.55. The number of rotatable bonds is 5. The topological polar surface area (TPSA) is 46.2 Å². The fourth-order valence-electron chi connectivity index (χ4n) is 1.51. The number of nitrogens with zero attached hydrogens (tertiary/aromatic N) is 1. The van der Waals surface area contributed by atoms with Gasteiger partial charge in [-0.3, -0.25) is 0 Å². The minimum atomic E-state index is 0.482. The maximum atomic E-state index is 5.93. The quantitative estimate of drug-likeness (QED) is 0.774. The predicted molar refractivity (Wildman–Crippen MR) is 65.3 cm³/mol. The Bertz CT molecular complexity index is 355. The van der Waals surface area contributed by atoms with E-state index in [-0.39, 0.29) is 0 Å². The molecule has 16 heavy (non-hydrogen) atoms. The van der Waals surface area contributed by atoms with Crippen molar-refractivity contribution in [2.24, 2.45) is 0 Å². The molecule has 2 heterocycles. The second-order valence-electron chi connectivity index (χ2n) is 3.79. The van der Waals surface area contributed by atoms with Crippen molar-refractivity contribution in [2.45, 2.75) is 19.4 Å². The van der Waals surface area contributed by atoms with Crippen LogP contribution in [0, 0.1) is 0 Å². The van der Waals surface area contributed by atoms with E-state index in [1.54, 1.807) is 6.20 Å². The van der Waals surface area contributed by atoms with Crippen molar-refractivity contribution in [1.82, 2.24) is 10.3 Å². The van der Waals surface area contributed by atoms with Crippen LogP contribution in [-0.4, -0.2) is 30.7 Å². The molecule has 4 nitrogen and oxygen atoms in total. The van der Waals surface area contributed by atoms with Crippen LogP contribution in [0.2, 0.25) is 5.15 Å². The van der Waals surface area contributed by atoms with E-state index in [4.69, 9.17) is 16.3 Å². The molecule has 1 saturated heterocycles. The van der Waals surface area contributed by atoms with Crippen LogP contribution in [0.15, 0.2) is 12.3 Å².